The molecule has 0 spiro atoms. The summed E-state index contributed by atoms with van der Waals surface area (Å²) in [5, 5.41) is 2.95. The molecule has 0 unspecified atom stereocenters. The van der Waals surface area contributed by atoms with E-state index in [0.717, 1.165) is 55.9 Å². The summed E-state index contributed by atoms with van der Waals surface area (Å²) >= 11 is 0. The van der Waals surface area contributed by atoms with Crippen molar-refractivity contribution in [2.75, 3.05) is 38.0 Å². The molecule has 1 saturated heterocycles. The molecule has 1 amide bonds. The summed E-state index contributed by atoms with van der Waals surface area (Å²) in [5.74, 6) is 3.96. The second-order valence-electron chi connectivity index (χ2n) is 9.92. The van der Waals surface area contributed by atoms with Crippen molar-refractivity contribution in [2.45, 2.75) is 45.1 Å². The molecule has 1 N–H and O–H groups in total. The van der Waals surface area contributed by atoms with Gasteiger partial charge in [0.25, 0.3) is 0 Å². The predicted molar refractivity (Wildman–Crippen MR) is 114 cm³/mol. The summed E-state index contributed by atoms with van der Waals surface area (Å²) in [6, 6.07) is 8.00. The molecule has 4 saturated carbocycles. The number of Topliss-reactive ketones (excluding diaryl/α,β-unsaturated/α-hetero) is 1. The van der Waals surface area contributed by atoms with Crippen LogP contribution in [-0.4, -0.2) is 60.3 Å². The van der Waals surface area contributed by atoms with Gasteiger partial charge in [-0.3, -0.25) is 19.4 Å². The second kappa shape index (κ2) is 7.84. The molecule has 1 aliphatic heterocycles. The average Bonchev–Trinajstić information content (AvgIpc) is 2.68. The molecule has 0 radical (unpaired) electrons. The van der Waals surface area contributed by atoms with Gasteiger partial charge >= 0.3 is 0 Å². The van der Waals surface area contributed by atoms with Gasteiger partial charge in [-0.1, -0.05) is 12.1 Å². The van der Waals surface area contributed by atoms with Gasteiger partial charge in [-0.05, 0) is 74.8 Å². The summed E-state index contributed by atoms with van der Waals surface area (Å²) in [5.41, 5.74) is 1.34. The monoisotopic (exact) mass is 395 g/mol. The first-order valence-electron chi connectivity index (χ1n) is 11.4. The number of nitrogens with one attached hydrogen (secondary N) is 1. The lowest BCUT2D eigenvalue weighted by molar-refractivity contribution is -0.118. The summed E-state index contributed by atoms with van der Waals surface area (Å²) in [4.78, 5) is 29.1. The number of amides is 1. The van der Waals surface area contributed by atoms with Gasteiger partial charge in [0.2, 0.25) is 5.91 Å². The van der Waals surface area contributed by atoms with Crippen LogP contribution in [-0.2, 0) is 4.79 Å². The lowest BCUT2D eigenvalue weighted by Crippen LogP contribution is -2.60. The Balaban J connectivity index is 1.12. The van der Waals surface area contributed by atoms with Gasteiger partial charge in [-0.15, -0.1) is 0 Å². The van der Waals surface area contributed by atoms with E-state index in [0.29, 0.717) is 17.8 Å². The standard InChI is InChI=1S/C24H33N3O2/c1-16(28)19-3-2-4-22(14-19)25-23(29)15-26-5-7-27(8-6-26)24-20-10-17-9-18(12-20)13-21(24)11-17/h2-4,14,17-18,20-21,24H,5-13,15H2,1H3,(H,25,29). The zero-order valence-corrected chi connectivity index (χ0v) is 17.5. The van der Waals surface area contributed by atoms with Gasteiger partial charge in [-0.2, -0.15) is 0 Å². The minimum atomic E-state index is 0.00813. The predicted octanol–water partition coefficient (Wildman–Crippen LogP) is 3.27. The molecule has 0 aromatic heterocycles. The van der Waals surface area contributed by atoms with Crippen LogP contribution in [0.15, 0.2) is 24.3 Å². The molecule has 29 heavy (non-hydrogen) atoms. The van der Waals surface area contributed by atoms with Crippen molar-refractivity contribution < 1.29 is 9.59 Å². The van der Waals surface area contributed by atoms with E-state index in [2.05, 4.69) is 15.1 Å². The zero-order valence-electron chi connectivity index (χ0n) is 17.5. The van der Waals surface area contributed by atoms with Gasteiger partial charge in [0, 0.05) is 43.5 Å². The average molecular weight is 396 g/mol. The van der Waals surface area contributed by atoms with Crippen LogP contribution in [0.25, 0.3) is 0 Å². The molecule has 4 aliphatic carbocycles. The number of hydrogen-bond donors (Lipinski definition) is 1. The van der Waals surface area contributed by atoms with Crippen molar-refractivity contribution in [1.29, 1.82) is 0 Å². The highest BCUT2D eigenvalue weighted by Gasteiger charge is 2.50. The molecule has 1 aromatic rings. The number of piperazine rings is 1. The summed E-state index contributed by atoms with van der Waals surface area (Å²) < 4.78 is 0. The highest BCUT2D eigenvalue weighted by atomic mass is 16.2. The largest absolute Gasteiger partial charge is 0.325 e. The fraction of sp³-hybridized carbons (Fsp3) is 0.667. The molecule has 1 aromatic carbocycles. The van der Waals surface area contributed by atoms with Crippen LogP contribution in [0.5, 0.6) is 0 Å². The minimum absolute atomic E-state index is 0.00813. The van der Waals surface area contributed by atoms with E-state index in [9.17, 15) is 9.59 Å². The van der Waals surface area contributed by atoms with Gasteiger partial charge in [-0.25, -0.2) is 0 Å². The van der Waals surface area contributed by atoms with Gasteiger partial charge < -0.3 is 5.32 Å². The van der Waals surface area contributed by atoms with Crippen LogP contribution in [0.2, 0.25) is 0 Å². The van der Waals surface area contributed by atoms with E-state index >= 15 is 0 Å². The van der Waals surface area contributed by atoms with Crippen molar-refractivity contribution in [2.24, 2.45) is 23.7 Å². The molecule has 1 heterocycles. The lowest BCUT2D eigenvalue weighted by atomic mass is 9.54. The Hall–Kier alpha value is -1.72. The van der Waals surface area contributed by atoms with E-state index in [1.807, 2.05) is 12.1 Å². The van der Waals surface area contributed by atoms with Crippen molar-refractivity contribution >= 4 is 17.4 Å². The van der Waals surface area contributed by atoms with E-state index in [1.165, 1.54) is 32.1 Å². The number of rotatable bonds is 5. The van der Waals surface area contributed by atoms with E-state index in [4.69, 9.17) is 0 Å². The molecule has 0 atom stereocenters. The summed E-state index contributed by atoms with van der Waals surface area (Å²) in [6.45, 7) is 6.12. The first-order valence-corrected chi connectivity index (χ1v) is 11.4. The number of nitrogens with zero attached hydrogens (tertiary/aromatic N) is 2. The number of hydrogen-bond acceptors (Lipinski definition) is 4. The maximum Gasteiger partial charge on any atom is 0.238 e. The molecule has 4 bridgehead atoms. The molecular weight excluding hydrogens is 362 g/mol. The summed E-state index contributed by atoms with van der Waals surface area (Å²) in [7, 11) is 0. The first kappa shape index (κ1) is 19.3. The maximum atomic E-state index is 12.5. The smallest absolute Gasteiger partial charge is 0.238 e. The topological polar surface area (TPSA) is 52.7 Å². The number of carbonyl (C=O) groups is 2. The number of benzene rings is 1. The van der Waals surface area contributed by atoms with E-state index in [-0.39, 0.29) is 11.7 Å². The van der Waals surface area contributed by atoms with Crippen molar-refractivity contribution in [3.05, 3.63) is 29.8 Å². The van der Waals surface area contributed by atoms with Crippen LogP contribution in [0.4, 0.5) is 5.69 Å². The third-order valence-electron chi connectivity index (χ3n) is 7.93. The van der Waals surface area contributed by atoms with E-state index in [1.54, 1.807) is 19.1 Å². The Labute approximate surface area is 173 Å². The maximum absolute atomic E-state index is 12.5. The fourth-order valence-corrected chi connectivity index (χ4v) is 6.93. The van der Waals surface area contributed by atoms with Gasteiger partial charge in [0.05, 0.1) is 6.54 Å². The van der Waals surface area contributed by atoms with Crippen molar-refractivity contribution in [3.63, 3.8) is 0 Å². The zero-order chi connectivity index (χ0) is 20.0. The number of anilines is 1. The van der Waals surface area contributed by atoms with Crippen LogP contribution in [0, 0.1) is 23.7 Å². The summed E-state index contributed by atoms with van der Waals surface area (Å²) in [6.07, 6.45) is 7.40. The molecule has 5 heteroatoms. The van der Waals surface area contributed by atoms with Gasteiger partial charge in [0.15, 0.2) is 5.78 Å². The van der Waals surface area contributed by atoms with Crippen LogP contribution >= 0.6 is 0 Å². The van der Waals surface area contributed by atoms with E-state index < -0.39 is 0 Å². The quantitative estimate of drug-likeness (QED) is 0.778. The van der Waals surface area contributed by atoms with Crippen LogP contribution in [0.1, 0.15) is 49.4 Å². The van der Waals surface area contributed by atoms with Gasteiger partial charge in [0.1, 0.15) is 0 Å². The first-order chi connectivity index (χ1) is 14.0. The molecule has 5 nitrogen and oxygen atoms in total. The SMILES string of the molecule is CC(=O)c1cccc(NC(=O)CN2CCN(C3C4CC5CC(C4)CC3C5)CC2)c1. The minimum Gasteiger partial charge on any atom is -0.325 e. The van der Waals surface area contributed by atoms with Crippen molar-refractivity contribution in [3.8, 4) is 0 Å². The Kier molecular flexibility index (Phi) is 5.21. The van der Waals surface area contributed by atoms with Crippen molar-refractivity contribution in [1.82, 2.24) is 9.80 Å². The fourth-order valence-electron chi connectivity index (χ4n) is 6.93. The number of carbonyl (C=O) groups excluding carboxylic acids is 2. The highest BCUT2D eigenvalue weighted by molar-refractivity contribution is 5.97. The second-order valence-corrected chi connectivity index (χ2v) is 9.92. The lowest BCUT2D eigenvalue weighted by Gasteiger charge is -2.58. The van der Waals surface area contributed by atoms with Crippen LogP contribution < -0.4 is 5.32 Å². The number of ketones is 1. The molecule has 6 rings (SSSR count). The Morgan fingerprint density at radius 1 is 0.966 bits per heavy atom. The third-order valence-corrected chi connectivity index (χ3v) is 7.93. The Morgan fingerprint density at radius 3 is 2.24 bits per heavy atom. The normalized spacial score (nSPS) is 34.3. The Bertz CT molecular complexity index is 756. The highest BCUT2D eigenvalue weighted by Crippen LogP contribution is 2.55. The molecule has 5 aliphatic rings. The Morgan fingerprint density at radius 2 is 1.62 bits per heavy atom. The third kappa shape index (κ3) is 3.99. The molecule has 156 valence electrons. The molecule has 5 fully saturated rings. The molecular formula is C24H33N3O2. The van der Waals surface area contributed by atoms with Crippen LogP contribution in [0.3, 0.4) is 0 Å².